The van der Waals surface area contributed by atoms with Crippen molar-refractivity contribution in [1.29, 1.82) is 0 Å². The van der Waals surface area contributed by atoms with Gasteiger partial charge in [-0.15, -0.1) is 11.3 Å². The van der Waals surface area contributed by atoms with Crippen molar-refractivity contribution in [2.24, 2.45) is 0 Å². The third-order valence-corrected chi connectivity index (χ3v) is 5.52. The van der Waals surface area contributed by atoms with Gasteiger partial charge in [-0.25, -0.2) is 4.98 Å². The maximum atomic E-state index is 11.8. The van der Waals surface area contributed by atoms with Crippen LogP contribution in [-0.2, 0) is 25.0 Å². The highest BCUT2D eigenvalue weighted by Gasteiger charge is 2.17. The molecule has 26 heavy (non-hydrogen) atoms. The Morgan fingerprint density at radius 2 is 1.77 bits per heavy atom. The maximum absolute atomic E-state index is 11.8. The van der Waals surface area contributed by atoms with Crippen molar-refractivity contribution in [2.75, 3.05) is 0 Å². The standard InChI is InChI=1S/C21H25N3OS/c1-21(2,3)20-23-14-18(26-20)13-22-12-16-7-9-17(10-8-16)15-24-11-5-4-6-19(24)25/h4-11,14,22H,12-13,15H2,1-3H3. The predicted octanol–water partition coefficient (Wildman–Crippen LogP) is 3.94. The second kappa shape index (κ2) is 7.98. The lowest BCUT2D eigenvalue weighted by Crippen LogP contribution is -2.18. The molecule has 3 aromatic rings. The van der Waals surface area contributed by atoms with E-state index in [0.29, 0.717) is 6.54 Å². The first-order valence-electron chi connectivity index (χ1n) is 8.81. The van der Waals surface area contributed by atoms with Crippen molar-refractivity contribution < 1.29 is 0 Å². The predicted molar refractivity (Wildman–Crippen MR) is 108 cm³/mol. The lowest BCUT2D eigenvalue weighted by molar-refractivity contribution is 0.585. The van der Waals surface area contributed by atoms with Crippen molar-refractivity contribution in [3.8, 4) is 0 Å². The van der Waals surface area contributed by atoms with Crippen molar-refractivity contribution >= 4 is 11.3 Å². The fourth-order valence-corrected chi connectivity index (χ4v) is 3.56. The van der Waals surface area contributed by atoms with E-state index in [1.54, 1.807) is 28.0 Å². The van der Waals surface area contributed by atoms with E-state index in [2.05, 4.69) is 55.3 Å². The monoisotopic (exact) mass is 367 g/mol. The number of benzene rings is 1. The largest absolute Gasteiger partial charge is 0.311 e. The number of thiazole rings is 1. The molecule has 2 heterocycles. The molecule has 0 radical (unpaired) electrons. The lowest BCUT2D eigenvalue weighted by Gasteiger charge is -2.13. The number of hydrogen-bond acceptors (Lipinski definition) is 4. The van der Waals surface area contributed by atoms with E-state index in [4.69, 9.17) is 0 Å². The molecule has 0 aliphatic heterocycles. The zero-order chi connectivity index (χ0) is 18.6. The first kappa shape index (κ1) is 18.5. The van der Waals surface area contributed by atoms with Crippen molar-refractivity contribution in [3.05, 3.63) is 86.2 Å². The Labute approximate surface area is 158 Å². The summed E-state index contributed by atoms with van der Waals surface area (Å²) in [5.74, 6) is 0. The number of aromatic nitrogens is 2. The summed E-state index contributed by atoms with van der Waals surface area (Å²) in [6, 6.07) is 13.6. The number of pyridine rings is 1. The van der Waals surface area contributed by atoms with Gasteiger partial charge in [0.1, 0.15) is 0 Å². The van der Waals surface area contributed by atoms with E-state index < -0.39 is 0 Å². The van der Waals surface area contributed by atoms with Gasteiger partial charge in [0.25, 0.3) is 5.56 Å². The lowest BCUT2D eigenvalue weighted by atomic mass is 9.98. The quantitative estimate of drug-likeness (QED) is 0.718. The first-order valence-corrected chi connectivity index (χ1v) is 9.63. The van der Waals surface area contributed by atoms with E-state index in [9.17, 15) is 4.79 Å². The molecule has 5 heteroatoms. The second-order valence-electron chi connectivity index (χ2n) is 7.47. The average molecular weight is 368 g/mol. The Kier molecular flexibility index (Phi) is 5.69. The van der Waals surface area contributed by atoms with E-state index in [1.165, 1.54) is 15.4 Å². The SMILES string of the molecule is CC(C)(C)c1ncc(CNCc2ccc(Cn3ccccc3=O)cc2)s1. The van der Waals surface area contributed by atoms with Gasteiger partial charge in [0.2, 0.25) is 0 Å². The fraction of sp³-hybridized carbons (Fsp3) is 0.333. The maximum Gasteiger partial charge on any atom is 0.250 e. The summed E-state index contributed by atoms with van der Waals surface area (Å²) >= 11 is 1.77. The number of hydrogen-bond donors (Lipinski definition) is 1. The average Bonchev–Trinajstić information content (AvgIpc) is 3.08. The molecule has 3 rings (SSSR count). The summed E-state index contributed by atoms with van der Waals surface area (Å²) in [6.45, 7) is 8.81. The van der Waals surface area contributed by atoms with Gasteiger partial charge < -0.3 is 9.88 Å². The molecule has 4 nitrogen and oxygen atoms in total. The molecule has 136 valence electrons. The Bertz CT molecular complexity index is 904. The molecule has 0 aliphatic carbocycles. The molecular formula is C21H25N3OS. The topological polar surface area (TPSA) is 46.9 Å². The van der Waals surface area contributed by atoms with Gasteiger partial charge in [0, 0.05) is 41.8 Å². The molecule has 0 atom stereocenters. The number of nitrogens with one attached hydrogen (secondary N) is 1. The van der Waals surface area contributed by atoms with Gasteiger partial charge in [-0.2, -0.15) is 0 Å². The van der Waals surface area contributed by atoms with Gasteiger partial charge in [-0.05, 0) is 17.2 Å². The molecule has 1 N–H and O–H groups in total. The van der Waals surface area contributed by atoms with Gasteiger partial charge in [-0.3, -0.25) is 4.79 Å². The highest BCUT2D eigenvalue weighted by atomic mass is 32.1. The van der Waals surface area contributed by atoms with E-state index in [-0.39, 0.29) is 11.0 Å². The van der Waals surface area contributed by atoms with Gasteiger partial charge in [0.15, 0.2) is 0 Å². The summed E-state index contributed by atoms with van der Waals surface area (Å²) in [5, 5.41) is 4.65. The third-order valence-electron chi connectivity index (χ3n) is 4.10. The normalized spacial score (nSPS) is 11.7. The third kappa shape index (κ3) is 4.90. The summed E-state index contributed by atoms with van der Waals surface area (Å²) in [6.07, 6.45) is 3.79. The molecule has 0 unspecified atom stereocenters. The van der Waals surface area contributed by atoms with Crippen molar-refractivity contribution in [1.82, 2.24) is 14.9 Å². The molecule has 2 aromatic heterocycles. The molecule has 0 spiro atoms. The molecule has 1 aromatic carbocycles. The zero-order valence-electron chi connectivity index (χ0n) is 15.5. The molecule has 0 fully saturated rings. The van der Waals surface area contributed by atoms with Crippen LogP contribution in [0, 0.1) is 0 Å². The van der Waals surface area contributed by atoms with Gasteiger partial charge in [0.05, 0.1) is 11.6 Å². The molecule has 0 bridgehead atoms. The molecule has 0 saturated carbocycles. The van der Waals surface area contributed by atoms with E-state index in [0.717, 1.165) is 18.7 Å². The van der Waals surface area contributed by atoms with Gasteiger partial charge in [-0.1, -0.05) is 51.1 Å². The Hall–Kier alpha value is -2.24. The Morgan fingerprint density at radius 1 is 1.04 bits per heavy atom. The highest BCUT2D eigenvalue weighted by molar-refractivity contribution is 7.11. The minimum Gasteiger partial charge on any atom is -0.311 e. The first-order chi connectivity index (χ1) is 12.4. The Morgan fingerprint density at radius 3 is 2.42 bits per heavy atom. The van der Waals surface area contributed by atoms with Crippen LogP contribution in [0.4, 0.5) is 0 Å². The molecule has 0 saturated heterocycles. The summed E-state index contributed by atoms with van der Waals surface area (Å²) in [5.41, 5.74) is 2.49. The fourth-order valence-electron chi connectivity index (χ4n) is 2.62. The van der Waals surface area contributed by atoms with Crippen LogP contribution in [0.25, 0.3) is 0 Å². The molecule has 0 amide bonds. The zero-order valence-corrected chi connectivity index (χ0v) is 16.3. The van der Waals surface area contributed by atoms with Crippen molar-refractivity contribution in [3.63, 3.8) is 0 Å². The minimum absolute atomic E-state index is 0.0254. The molecule has 0 aliphatic rings. The van der Waals surface area contributed by atoms with Crippen LogP contribution in [0.1, 0.15) is 41.8 Å². The minimum atomic E-state index is 0.0254. The van der Waals surface area contributed by atoms with Crippen LogP contribution in [-0.4, -0.2) is 9.55 Å². The van der Waals surface area contributed by atoms with Crippen LogP contribution in [0.5, 0.6) is 0 Å². The Balaban J connectivity index is 1.52. The van der Waals surface area contributed by atoms with Crippen LogP contribution in [0.2, 0.25) is 0 Å². The molecular weight excluding hydrogens is 342 g/mol. The van der Waals surface area contributed by atoms with Crippen LogP contribution in [0.3, 0.4) is 0 Å². The van der Waals surface area contributed by atoms with Crippen molar-refractivity contribution in [2.45, 2.75) is 45.8 Å². The van der Waals surface area contributed by atoms with Crippen LogP contribution in [0.15, 0.2) is 59.7 Å². The van der Waals surface area contributed by atoms with E-state index >= 15 is 0 Å². The number of rotatable bonds is 6. The van der Waals surface area contributed by atoms with E-state index in [1.807, 2.05) is 18.5 Å². The second-order valence-corrected chi connectivity index (χ2v) is 8.58. The van der Waals surface area contributed by atoms with Gasteiger partial charge >= 0.3 is 0 Å². The van der Waals surface area contributed by atoms with Crippen LogP contribution >= 0.6 is 11.3 Å². The summed E-state index contributed by atoms with van der Waals surface area (Å²) in [4.78, 5) is 17.6. The highest BCUT2D eigenvalue weighted by Crippen LogP contribution is 2.26. The van der Waals surface area contributed by atoms with Crippen LogP contribution < -0.4 is 10.9 Å². The summed E-state index contributed by atoms with van der Waals surface area (Å²) < 4.78 is 1.71. The number of nitrogens with zero attached hydrogens (tertiary/aromatic N) is 2. The smallest absolute Gasteiger partial charge is 0.250 e. The summed E-state index contributed by atoms with van der Waals surface area (Å²) in [7, 11) is 0.